The first-order valence-corrected chi connectivity index (χ1v) is 35.1. The number of esters is 3. The molecule has 0 rings (SSSR count). The van der Waals surface area contributed by atoms with Gasteiger partial charge in [-0.1, -0.05) is 23.4 Å². The minimum absolute atomic E-state index is 0. The fraction of sp³-hybridized carbons (Fsp3) is 0.750. The molecule has 30 nitrogen and oxygen atoms in total. The molecule has 0 aromatic rings. The zero-order valence-electron chi connectivity index (χ0n) is 50.5. The quantitative estimate of drug-likeness (QED) is 0.00410. The van der Waals surface area contributed by atoms with Crippen LogP contribution in [-0.4, -0.2) is 251 Å². The first kappa shape index (κ1) is 120. The molecule has 86 heavy (non-hydrogen) atoms. The Labute approximate surface area is 610 Å². The average Bonchev–Trinajstić information content (AvgIpc) is 3.40. The number of aliphatic hydroxyl groups is 2. The number of aliphatic hydroxyl groups excluding tert-OH is 2. The van der Waals surface area contributed by atoms with E-state index in [1.165, 1.54) is 32.7 Å². The van der Waals surface area contributed by atoms with Crippen molar-refractivity contribution in [2.24, 2.45) is 5.73 Å². The van der Waals surface area contributed by atoms with Gasteiger partial charge >= 0.3 is 119 Å². The van der Waals surface area contributed by atoms with Crippen LogP contribution in [-0.2, 0) is 91.7 Å². The van der Waals surface area contributed by atoms with E-state index in [1.807, 2.05) is 31.3 Å². The molecule has 6 atom stereocenters. The Balaban J connectivity index is -0.0000000569. The van der Waals surface area contributed by atoms with E-state index >= 15 is 0 Å². The Bertz CT molecular complexity index is 1710. The van der Waals surface area contributed by atoms with E-state index in [0.29, 0.717) is 63.1 Å². The van der Waals surface area contributed by atoms with Crippen molar-refractivity contribution in [3.8, 4) is 0 Å². The van der Waals surface area contributed by atoms with Crippen molar-refractivity contribution in [1.29, 1.82) is 0 Å². The van der Waals surface area contributed by atoms with Gasteiger partial charge in [0.1, 0.15) is 18.1 Å². The Hall–Kier alpha value is -0.350. The number of nitrogens with one attached hydrogen (secondary N) is 5. The van der Waals surface area contributed by atoms with Crippen LogP contribution in [0.4, 0.5) is 0 Å². The number of hydrogen-bond donors (Lipinski definition) is 11. The molecule has 498 valence electrons. The minimum atomic E-state index is -4.26. The summed E-state index contributed by atoms with van der Waals surface area (Å²) in [5.41, 5.74) is 5.19. The number of halogens is 1. The summed E-state index contributed by atoms with van der Waals surface area (Å²) in [4.78, 5) is 109. The number of amides is 5. The molecule has 0 bridgehead atoms. The van der Waals surface area contributed by atoms with Crippen molar-refractivity contribution in [3.63, 3.8) is 0 Å². The van der Waals surface area contributed by atoms with Crippen LogP contribution in [0.25, 0.3) is 0 Å². The van der Waals surface area contributed by atoms with E-state index in [9.17, 15) is 60.9 Å². The first-order chi connectivity index (χ1) is 38.5. The predicted molar refractivity (Wildman–Crippen MR) is 334 cm³/mol. The molecule has 5 amide bonds. The maximum absolute atomic E-state index is 11.0. The predicted octanol–water partition coefficient (Wildman–Crippen LogP) is -8.52. The topological polar surface area (TPSA) is 508 Å². The largest absolute Gasteiger partial charge is 1.00 e. The van der Waals surface area contributed by atoms with Crippen molar-refractivity contribution >= 4 is 176 Å². The Morgan fingerprint density at radius 1 is 0.605 bits per heavy atom. The third-order valence-electron chi connectivity index (χ3n) is 7.52. The van der Waals surface area contributed by atoms with Gasteiger partial charge in [-0.3, -0.25) is 43.2 Å². The van der Waals surface area contributed by atoms with Gasteiger partial charge in [0, 0.05) is 37.9 Å². The van der Waals surface area contributed by atoms with E-state index < -0.39 is 80.9 Å². The van der Waals surface area contributed by atoms with Crippen LogP contribution >= 0.6 is 86.5 Å². The van der Waals surface area contributed by atoms with Crippen LogP contribution in [0.15, 0.2) is 0 Å². The minimum Gasteiger partial charge on any atom is -0.917 e. The van der Waals surface area contributed by atoms with Crippen LogP contribution in [0, 0.1) is 0 Å². The molecule has 0 unspecified atom stereocenters. The third kappa shape index (κ3) is 133. The zero-order chi connectivity index (χ0) is 66.2. The average molecular weight is 1490 g/mol. The van der Waals surface area contributed by atoms with E-state index in [2.05, 4.69) is 58.2 Å². The molecule has 0 heterocycles. The van der Waals surface area contributed by atoms with Gasteiger partial charge < -0.3 is 84.8 Å². The number of alkyl halides is 1. The summed E-state index contributed by atoms with van der Waals surface area (Å²) < 4.78 is 64.9. The molecule has 42 heteroatoms. The molecule has 0 spiro atoms. The second-order valence-corrected chi connectivity index (χ2v) is 22.3. The Kier molecular flexibility index (Phi) is 140. The van der Waals surface area contributed by atoms with E-state index in [4.69, 9.17) is 49.0 Å². The van der Waals surface area contributed by atoms with Gasteiger partial charge in [0.25, 0.3) is 6.47 Å². The number of carboxylic acid groups (broad SMARTS) is 3. The summed E-state index contributed by atoms with van der Waals surface area (Å²) >= 11 is 13.1. The number of carbonyl (C=O) groups is 11. The number of rotatable bonds is 35. The number of methoxy groups -OCH3 is 1. The summed E-state index contributed by atoms with van der Waals surface area (Å²) in [6.07, 6.45) is 18.4. The SMILES string of the molecule is C.CC(=O)OC(C)=O.CCO.COC(=O)[C@H](CCSC)NC=O.CSCC[C@@H](CBr)NC=O.CSCC[C@@H](CO)NC=O.CSCC[C@@H](CS(=O)(=O)[O-])NC=O.CSCC[C@H](N)C(=O)O.CSCC[C@H](NC=O)C(=O)O.O=CO.O=[S-](=O)[O-].[Na+].[Na+].[Na+]. The summed E-state index contributed by atoms with van der Waals surface area (Å²) in [5.74, 6) is 1.19. The molecule has 0 aliphatic rings. The van der Waals surface area contributed by atoms with Gasteiger partial charge in [-0.05, 0) is 118 Å². The van der Waals surface area contributed by atoms with E-state index in [1.54, 1.807) is 65.7 Å². The third-order valence-corrected chi connectivity index (χ3v) is 13.0. The summed E-state index contributed by atoms with van der Waals surface area (Å²) in [6.45, 7) is 4.07. The molecular weight excluding hydrogens is 1400 g/mol. The summed E-state index contributed by atoms with van der Waals surface area (Å²) in [6, 6.07) is -2.25. The molecule has 0 aromatic carbocycles. The van der Waals surface area contributed by atoms with E-state index in [-0.39, 0.29) is 122 Å². The molecule has 12 N–H and O–H groups in total. The molecule has 0 saturated heterocycles. The second kappa shape index (κ2) is 101. The molecule has 0 fully saturated rings. The maximum atomic E-state index is 11.0. The van der Waals surface area contributed by atoms with Crippen LogP contribution in [0.1, 0.15) is 66.7 Å². The normalized spacial score (nSPS) is 10.9. The molecule has 0 aliphatic heterocycles. The van der Waals surface area contributed by atoms with Gasteiger partial charge in [-0.15, -0.1) is 0 Å². The Morgan fingerprint density at radius 2 is 0.884 bits per heavy atom. The first-order valence-electron chi connectivity index (χ1n) is 23.0. The molecule has 0 aromatic heterocycles. The van der Waals surface area contributed by atoms with Crippen molar-refractivity contribution in [1.82, 2.24) is 26.6 Å². The maximum Gasteiger partial charge on any atom is 1.00 e. The van der Waals surface area contributed by atoms with Gasteiger partial charge in [0.2, 0.25) is 32.1 Å². The van der Waals surface area contributed by atoms with Gasteiger partial charge in [-0.2, -0.15) is 81.6 Å². The number of aliphatic carboxylic acids is 2. The van der Waals surface area contributed by atoms with Crippen molar-refractivity contribution in [3.05, 3.63) is 0 Å². The summed E-state index contributed by atoms with van der Waals surface area (Å²) in [7, 11) is -6.06. The van der Waals surface area contributed by atoms with Gasteiger partial charge in [0.15, 0.2) is 0 Å². The van der Waals surface area contributed by atoms with Crippen molar-refractivity contribution in [2.75, 3.05) is 103 Å². The molecule has 0 radical (unpaired) electrons. The molecular formula is C44H90BrN6Na3O24S8. The van der Waals surface area contributed by atoms with Gasteiger partial charge in [-0.25, -0.2) is 18.0 Å². The summed E-state index contributed by atoms with van der Waals surface area (Å²) in [5, 5.41) is 52.9. The number of carboxylic acids is 2. The van der Waals surface area contributed by atoms with Crippen LogP contribution in [0.2, 0.25) is 0 Å². The monoisotopic (exact) mass is 1490 g/mol. The molecule has 0 aliphatic carbocycles. The van der Waals surface area contributed by atoms with Crippen LogP contribution < -0.4 is 121 Å². The number of thioether (sulfide) groups is 6. The van der Waals surface area contributed by atoms with Crippen molar-refractivity contribution < 1.29 is 202 Å². The number of nitrogens with two attached hydrogens (primary N) is 1. The van der Waals surface area contributed by atoms with E-state index in [0.717, 1.165) is 53.3 Å². The molecule has 0 saturated carbocycles. The second-order valence-electron chi connectivity index (χ2n) is 13.9. The number of hydrogen-bond acceptors (Lipinski definition) is 29. The number of ether oxygens (including phenoxy) is 2. The zero-order valence-corrected chi connectivity index (χ0v) is 64.6. The van der Waals surface area contributed by atoms with Crippen LogP contribution in [0.3, 0.4) is 0 Å². The van der Waals surface area contributed by atoms with Crippen LogP contribution in [0.5, 0.6) is 0 Å². The van der Waals surface area contributed by atoms with Crippen molar-refractivity contribution in [2.45, 2.75) is 103 Å². The fourth-order valence-corrected chi connectivity index (χ4v) is 8.12. The Morgan fingerprint density at radius 3 is 1.14 bits per heavy atom. The number of carbonyl (C=O) groups excluding carboxylic acids is 8. The van der Waals surface area contributed by atoms with Gasteiger partial charge in [0.05, 0.1) is 35.6 Å². The fourth-order valence-electron chi connectivity index (χ4n) is 3.86. The standard InChI is InChI=1S/C7H13NO3S.C6H12BrNOS.C6H13NO4S2.C6H11NO3S.C6H13NO2S.C5H11NO2S.C4H6O3.C2H6O.CH2O2.CH4.3Na.O3S/c1-11-7(10)6(8-5-9)3-4-12-2;1-10-3-2-6(4-7)8-5-9;1-12-3-2-6(7-5-8)4-13(9,10)11;1-11-3-2-5(6(9)10)7-4-8;1-10-3-2-6(4-8)7-5-9;1-9-3-2-4(6)5(7)8;1-3(5)7-4(2)6;1-2-3;2-1-3;;;;;1-4(2)3/h5-6H,3-4H2,1-2H3,(H,8,9);5-6H,2-4H2,1H3,(H,8,9);5-6H,2-4H2,1H3,(H,7,8)(H,9,10,11);4-5H,2-3H2,1H3,(H,7,8)(H,9,10);5-6,8H,2-4H2,1H3,(H,7,9);4H,2-3,6H2,1H3,(H,7,8);1-2H3;3H,2H2,1H3;1H,(H,2,3);1H4;;;;/q;;;;;;;;;;3*+1;-2/p-1/t3*6-;5-;6-;4-;;;;;;;;/m000000......../s1. The smallest absolute Gasteiger partial charge is 0.917 e.